The van der Waals surface area contributed by atoms with Gasteiger partial charge in [0.25, 0.3) is 10.0 Å². The third-order valence-corrected chi connectivity index (χ3v) is 2.79. The van der Waals surface area contributed by atoms with Crippen LogP contribution in [0.5, 0.6) is 0 Å². The van der Waals surface area contributed by atoms with Gasteiger partial charge in [-0.1, -0.05) is 0 Å². The number of aliphatic hydroxyl groups excluding tert-OH is 1. The number of nitrogens with zero attached hydrogens (tertiary/aromatic N) is 2. The first-order chi connectivity index (χ1) is 6.32. The average Bonchev–Trinajstić information content (AvgIpc) is 2.49. The lowest BCUT2D eigenvalue weighted by Gasteiger charge is -2.14. The van der Waals surface area contributed by atoms with Gasteiger partial charge >= 0.3 is 0 Å². The Morgan fingerprint density at radius 1 is 1.57 bits per heavy atom. The number of hydrogen-bond donors (Lipinski definition) is 2. The molecule has 3 N–H and O–H groups in total. The van der Waals surface area contributed by atoms with E-state index in [1.54, 1.807) is 13.8 Å². The quantitative estimate of drug-likeness (QED) is 0.714. The molecule has 0 aromatic carbocycles. The van der Waals surface area contributed by atoms with Crippen LogP contribution in [0.25, 0.3) is 0 Å². The van der Waals surface area contributed by atoms with Gasteiger partial charge in [0.05, 0.1) is 12.1 Å². The van der Waals surface area contributed by atoms with E-state index >= 15 is 0 Å². The van der Waals surface area contributed by atoms with Gasteiger partial charge in [-0.3, -0.25) is 4.68 Å². The van der Waals surface area contributed by atoms with E-state index in [9.17, 15) is 13.5 Å². The van der Waals surface area contributed by atoms with Crippen LogP contribution in [0.3, 0.4) is 0 Å². The van der Waals surface area contributed by atoms with Crippen molar-refractivity contribution in [2.24, 2.45) is 5.14 Å². The minimum Gasteiger partial charge on any atom is -0.391 e. The molecule has 2 unspecified atom stereocenters. The molecule has 7 heteroatoms. The summed E-state index contributed by atoms with van der Waals surface area (Å²) in [4.78, 5) is 0. The topological polar surface area (TPSA) is 98.2 Å². The highest BCUT2D eigenvalue weighted by molar-refractivity contribution is 7.89. The summed E-state index contributed by atoms with van der Waals surface area (Å²) in [6, 6.07) is 1.01. The summed E-state index contributed by atoms with van der Waals surface area (Å²) >= 11 is 0. The minimum atomic E-state index is -3.75. The monoisotopic (exact) mass is 219 g/mol. The number of aromatic nitrogens is 2. The van der Waals surface area contributed by atoms with Gasteiger partial charge in [0.2, 0.25) is 0 Å². The number of nitrogens with two attached hydrogens (primary N) is 1. The van der Waals surface area contributed by atoms with Gasteiger partial charge in [-0.15, -0.1) is 0 Å². The molecule has 0 spiro atoms. The summed E-state index contributed by atoms with van der Waals surface area (Å²) in [5.74, 6) is 0. The zero-order chi connectivity index (χ0) is 10.9. The molecule has 0 aliphatic rings. The van der Waals surface area contributed by atoms with Gasteiger partial charge in [0.1, 0.15) is 0 Å². The van der Waals surface area contributed by atoms with Gasteiger partial charge < -0.3 is 5.11 Å². The molecule has 0 aliphatic heterocycles. The van der Waals surface area contributed by atoms with Crippen molar-refractivity contribution in [1.29, 1.82) is 0 Å². The van der Waals surface area contributed by atoms with Crippen LogP contribution in [0, 0.1) is 0 Å². The Hall–Kier alpha value is -0.920. The minimum absolute atomic E-state index is 0.190. The molecule has 0 bridgehead atoms. The largest absolute Gasteiger partial charge is 0.391 e. The summed E-state index contributed by atoms with van der Waals surface area (Å²) < 4.78 is 23.1. The summed E-state index contributed by atoms with van der Waals surface area (Å²) in [6.45, 7) is 3.33. The second-order valence-electron chi connectivity index (χ2n) is 3.16. The first-order valence-electron chi connectivity index (χ1n) is 4.08. The van der Waals surface area contributed by atoms with Crippen LogP contribution in [0.2, 0.25) is 0 Å². The molecule has 1 aromatic heterocycles. The van der Waals surface area contributed by atoms with Crippen LogP contribution in [-0.2, 0) is 10.0 Å². The molecule has 0 radical (unpaired) electrons. The van der Waals surface area contributed by atoms with E-state index < -0.39 is 16.1 Å². The SMILES string of the molecule is CC(O)C(C)n1ccc(S(N)(=O)=O)n1. The first kappa shape index (κ1) is 11.2. The molecule has 6 nitrogen and oxygen atoms in total. The molecule has 1 aromatic rings. The van der Waals surface area contributed by atoms with Gasteiger partial charge in [-0.05, 0) is 19.9 Å². The van der Waals surface area contributed by atoms with E-state index in [1.165, 1.54) is 16.9 Å². The molecular weight excluding hydrogens is 206 g/mol. The third kappa shape index (κ3) is 2.31. The molecule has 14 heavy (non-hydrogen) atoms. The maximum Gasteiger partial charge on any atom is 0.257 e. The number of primary sulfonamides is 1. The highest BCUT2D eigenvalue weighted by atomic mass is 32.2. The Balaban J connectivity index is 3.00. The van der Waals surface area contributed by atoms with Crippen LogP contribution >= 0.6 is 0 Å². The predicted octanol–water partition coefficient (Wildman–Crippen LogP) is -0.528. The fourth-order valence-electron chi connectivity index (χ4n) is 0.920. The molecule has 0 aliphatic carbocycles. The highest BCUT2D eigenvalue weighted by Crippen LogP contribution is 2.11. The van der Waals surface area contributed by atoms with E-state index in [0.29, 0.717) is 0 Å². The fraction of sp³-hybridized carbons (Fsp3) is 0.571. The van der Waals surface area contributed by atoms with Crippen molar-refractivity contribution in [3.63, 3.8) is 0 Å². The number of rotatable bonds is 3. The van der Waals surface area contributed by atoms with Crippen molar-refractivity contribution in [3.05, 3.63) is 12.3 Å². The molecular formula is C7H13N3O3S. The Morgan fingerprint density at radius 3 is 2.50 bits per heavy atom. The Kier molecular flexibility index (Phi) is 2.93. The Labute approximate surface area is 82.4 Å². The van der Waals surface area contributed by atoms with Crippen molar-refractivity contribution in [2.45, 2.75) is 31.0 Å². The smallest absolute Gasteiger partial charge is 0.257 e. The number of hydrogen-bond acceptors (Lipinski definition) is 4. The first-order valence-corrected chi connectivity index (χ1v) is 5.63. The van der Waals surface area contributed by atoms with Crippen molar-refractivity contribution in [2.75, 3.05) is 0 Å². The van der Waals surface area contributed by atoms with Crippen molar-refractivity contribution in [3.8, 4) is 0 Å². The predicted molar refractivity (Wildman–Crippen MR) is 50.0 cm³/mol. The molecule has 0 saturated carbocycles. The lowest BCUT2D eigenvalue weighted by molar-refractivity contribution is 0.131. The fourth-order valence-corrected chi connectivity index (χ4v) is 1.38. The maximum atomic E-state index is 10.9. The number of sulfonamides is 1. The zero-order valence-corrected chi connectivity index (χ0v) is 8.77. The van der Waals surface area contributed by atoms with Crippen LogP contribution in [0.4, 0.5) is 0 Å². The summed E-state index contributed by atoms with van der Waals surface area (Å²) in [6.07, 6.45) is 0.861. The normalized spacial score (nSPS) is 16.6. The molecule has 2 atom stereocenters. The van der Waals surface area contributed by atoms with Gasteiger partial charge in [0.15, 0.2) is 5.03 Å². The Morgan fingerprint density at radius 2 is 2.14 bits per heavy atom. The molecule has 0 amide bonds. The lowest BCUT2D eigenvalue weighted by atomic mass is 10.2. The lowest BCUT2D eigenvalue weighted by Crippen LogP contribution is -2.20. The molecule has 80 valence electrons. The summed E-state index contributed by atoms with van der Waals surface area (Å²) in [5, 5.41) is 17.7. The van der Waals surface area contributed by atoms with Crippen molar-refractivity contribution in [1.82, 2.24) is 9.78 Å². The molecule has 1 rings (SSSR count). The van der Waals surface area contributed by atoms with Gasteiger partial charge in [-0.25, -0.2) is 13.6 Å². The van der Waals surface area contributed by atoms with E-state index in [2.05, 4.69) is 5.10 Å². The zero-order valence-electron chi connectivity index (χ0n) is 7.95. The third-order valence-electron chi connectivity index (χ3n) is 1.99. The number of aliphatic hydroxyl groups is 1. The van der Waals surface area contributed by atoms with Crippen LogP contribution in [0.1, 0.15) is 19.9 Å². The molecule has 0 saturated heterocycles. The average molecular weight is 219 g/mol. The van der Waals surface area contributed by atoms with Crippen molar-refractivity contribution >= 4 is 10.0 Å². The van der Waals surface area contributed by atoms with Crippen LogP contribution < -0.4 is 5.14 Å². The van der Waals surface area contributed by atoms with Crippen LogP contribution in [0.15, 0.2) is 17.3 Å². The summed E-state index contributed by atoms with van der Waals surface area (Å²) in [5.41, 5.74) is 0. The van der Waals surface area contributed by atoms with E-state index in [4.69, 9.17) is 5.14 Å². The second kappa shape index (κ2) is 3.68. The van der Waals surface area contributed by atoms with Gasteiger partial charge in [0, 0.05) is 6.20 Å². The standard InChI is InChI=1S/C7H13N3O3S/c1-5(6(2)11)10-4-3-7(9-10)14(8,12)13/h3-6,11H,1-2H3,(H2,8,12,13). The van der Waals surface area contributed by atoms with E-state index in [-0.39, 0.29) is 11.1 Å². The molecule has 1 heterocycles. The highest BCUT2D eigenvalue weighted by Gasteiger charge is 2.16. The maximum absolute atomic E-state index is 10.9. The van der Waals surface area contributed by atoms with Crippen molar-refractivity contribution < 1.29 is 13.5 Å². The van der Waals surface area contributed by atoms with E-state index in [0.717, 1.165) is 0 Å². The Bertz CT molecular complexity index is 410. The summed E-state index contributed by atoms with van der Waals surface area (Å²) in [7, 11) is -3.75. The van der Waals surface area contributed by atoms with Crippen LogP contribution in [-0.4, -0.2) is 29.4 Å². The van der Waals surface area contributed by atoms with Gasteiger partial charge in [-0.2, -0.15) is 5.10 Å². The van der Waals surface area contributed by atoms with E-state index in [1.807, 2.05) is 0 Å². The molecule has 0 fully saturated rings. The second-order valence-corrected chi connectivity index (χ2v) is 4.67.